The molecule has 3 heterocycles. The van der Waals surface area contributed by atoms with E-state index in [0.717, 1.165) is 54.1 Å². The van der Waals surface area contributed by atoms with Crippen molar-refractivity contribution >= 4 is 5.97 Å². The van der Waals surface area contributed by atoms with Crippen LogP contribution in [0.4, 0.5) is 0 Å². The van der Waals surface area contributed by atoms with Crippen molar-refractivity contribution in [2.45, 2.75) is 32.5 Å². The second kappa shape index (κ2) is 5.79. The first-order valence-corrected chi connectivity index (χ1v) is 7.83. The number of fused-ring (bicyclic) bond motifs is 2. The second-order valence-electron chi connectivity index (χ2n) is 6.04. The molecule has 1 aromatic heterocycles. The van der Waals surface area contributed by atoms with Gasteiger partial charge in [0.05, 0.1) is 18.8 Å². The van der Waals surface area contributed by atoms with Gasteiger partial charge in [0, 0.05) is 31.6 Å². The van der Waals surface area contributed by atoms with Crippen molar-refractivity contribution in [3.05, 3.63) is 51.9 Å². The molecule has 2 aliphatic heterocycles. The fraction of sp³-hybridized carbons (Fsp3) is 0.412. The molecule has 0 saturated heterocycles. The summed E-state index contributed by atoms with van der Waals surface area (Å²) in [5.74, 6) is 0.0924. The lowest BCUT2D eigenvalue weighted by atomic mass is 9.94. The molecule has 6 nitrogen and oxygen atoms in total. The minimum atomic E-state index is -0.849. The molecular formula is C17H18N2O4. The molecule has 0 aliphatic carbocycles. The van der Waals surface area contributed by atoms with Crippen LogP contribution >= 0.6 is 0 Å². The molecular weight excluding hydrogens is 296 g/mol. The Labute approximate surface area is 133 Å². The summed E-state index contributed by atoms with van der Waals surface area (Å²) in [6, 6.07) is 5.51. The summed E-state index contributed by atoms with van der Waals surface area (Å²) in [6.07, 6.45) is 1.53. The summed E-state index contributed by atoms with van der Waals surface area (Å²) in [5, 5.41) is 13.5. The maximum Gasteiger partial charge on any atom is 0.335 e. The quantitative estimate of drug-likeness (QED) is 0.934. The number of hydrogen-bond donors (Lipinski definition) is 1. The minimum Gasteiger partial charge on any atom is -0.478 e. The van der Waals surface area contributed by atoms with E-state index < -0.39 is 5.97 Å². The molecule has 0 spiro atoms. The summed E-state index contributed by atoms with van der Waals surface area (Å²) in [5.41, 5.74) is 4.50. The van der Waals surface area contributed by atoms with Crippen LogP contribution in [-0.4, -0.2) is 34.3 Å². The number of carboxylic acids is 1. The average Bonchev–Trinajstić information content (AvgIpc) is 2.97. The van der Waals surface area contributed by atoms with E-state index in [1.165, 1.54) is 0 Å². The third-order valence-electron chi connectivity index (χ3n) is 4.62. The Morgan fingerprint density at radius 1 is 1.30 bits per heavy atom. The summed E-state index contributed by atoms with van der Waals surface area (Å²) in [4.78, 5) is 13.6. The predicted molar refractivity (Wildman–Crippen MR) is 81.1 cm³/mol. The van der Waals surface area contributed by atoms with Crippen LogP contribution in [0.2, 0.25) is 0 Å². The monoisotopic (exact) mass is 314 g/mol. The average molecular weight is 314 g/mol. The van der Waals surface area contributed by atoms with Gasteiger partial charge in [0.25, 0.3) is 0 Å². The van der Waals surface area contributed by atoms with E-state index >= 15 is 0 Å². The van der Waals surface area contributed by atoms with Crippen LogP contribution in [-0.2, 0) is 37.3 Å². The predicted octanol–water partition coefficient (Wildman–Crippen LogP) is 2.00. The van der Waals surface area contributed by atoms with Crippen LogP contribution in [0.5, 0.6) is 0 Å². The van der Waals surface area contributed by atoms with E-state index in [4.69, 9.17) is 9.26 Å². The molecule has 0 unspecified atom stereocenters. The number of aromatic nitrogens is 1. The highest BCUT2D eigenvalue weighted by Crippen LogP contribution is 2.26. The highest BCUT2D eigenvalue weighted by atomic mass is 16.5. The van der Waals surface area contributed by atoms with Gasteiger partial charge in [-0.25, -0.2) is 4.79 Å². The van der Waals surface area contributed by atoms with Crippen molar-refractivity contribution in [3.8, 4) is 0 Å². The standard InChI is InChI=1S/C17H18N2O4/c20-17(21)13-3-1-2-11-8-19(6-4-12(11)13)9-15-14-10-22-7-5-16(14)23-18-15/h1-3H,4-10H2,(H,20,21). The normalized spacial score (nSPS) is 17.6. The number of carboxylic acid groups (broad SMARTS) is 1. The van der Waals surface area contributed by atoms with Crippen LogP contribution in [0.15, 0.2) is 22.7 Å². The van der Waals surface area contributed by atoms with Crippen LogP contribution in [0.25, 0.3) is 0 Å². The van der Waals surface area contributed by atoms with Gasteiger partial charge in [0.1, 0.15) is 11.5 Å². The number of nitrogens with zero attached hydrogens (tertiary/aromatic N) is 2. The molecule has 0 amide bonds. The molecule has 0 saturated carbocycles. The van der Waals surface area contributed by atoms with E-state index in [9.17, 15) is 9.90 Å². The van der Waals surface area contributed by atoms with Crippen LogP contribution in [0, 0.1) is 0 Å². The minimum absolute atomic E-state index is 0.425. The Balaban J connectivity index is 1.54. The third-order valence-corrected chi connectivity index (χ3v) is 4.62. The molecule has 6 heteroatoms. The SMILES string of the molecule is O=C(O)c1cccc2c1CCN(Cc1noc3c1COCC3)C2. The fourth-order valence-electron chi connectivity index (χ4n) is 3.42. The maximum atomic E-state index is 11.3. The van der Waals surface area contributed by atoms with Gasteiger partial charge < -0.3 is 14.4 Å². The van der Waals surface area contributed by atoms with E-state index in [0.29, 0.717) is 25.3 Å². The van der Waals surface area contributed by atoms with Gasteiger partial charge in [-0.15, -0.1) is 0 Å². The first kappa shape index (κ1) is 14.4. The Kier molecular flexibility index (Phi) is 3.63. The molecule has 0 atom stereocenters. The molecule has 0 radical (unpaired) electrons. The lowest BCUT2D eigenvalue weighted by Crippen LogP contribution is -2.31. The highest BCUT2D eigenvalue weighted by Gasteiger charge is 2.25. The molecule has 1 aromatic carbocycles. The van der Waals surface area contributed by atoms with Crippen molar-refractivity contribution in [2.24, 2.45) is 0 Å². The van der Waals surface area contributed by atoms with Crippen molar-refractivity contribution < 1.29 is 19.2 Å². The maximum absolute atomic E-state index is 11.3. The second-order valence-corrected chi connectivity index (χ2v) is 6.04. The highest BCUT2D eigenvalue weighted by molar-refractivity contribution is 5.89. The van der Waals surface area contributed by atoms with Crippen molar-refractivity contribution in [1.82, 2.24) is 10.1 Å². The van der Waals surface area contributed by atoms with Gasteiger partial charge in [0.2, 0.25) is 0 Å². The Morgan fingerprint density at radius 3 is 3.09 bits per heavy atom. The number of carbonyl (C=O) groups is 1. The van der Waals surface area contributed by atoms with Gasteiger partial charge >= 0.3 is 5.97 Å². The molecule has 2 aromatic rings. The Morgan fingerprint density at radius 2 is 2.22 bits per heavy atom. The molecule has 4 rings (SSSR count). The van der Waals surface area contributed by atoms with E-state index in [-0.39, 0.29) is 0 Å². The Hall–Kier alpha value is -2.18. The summed E-state index contributed by atoms with van der Waals surface area (Å²) in [7, 11) is 0. The number of rotatable bonds is 3. The lowest BCUT2D eigenvalue weighted by molar-refractivity contribution is 0.0694. The molecule has 23 heavy (non-hydrogen) atoms. The summed E-state index contributed by atoms with van der Waals surface area (Å²) in [6.45, 7) is 3.52. The van der Waals surface area contributed by atoms with Gasteiger partial charge in [-0.05, 0) is 23.6 Å². The van der Waals surface area contributed by atoms with E-state index in [2.05, 4.69) is 10.1 Å². The van der Waals surface area contributed by atoms with E-state index in [1.54, 1.807) is 6.07 Å². The lowest BCUT2D eigenvalue weighted by Gasteiger charge is -2.29. The zero-order chi connectivity index (χ0) is 15.8. The smallest absolute Gasteiger partial charge is 0.335 e. The van der Waals surface area contributed by atoms with Crippen molar-refractivity contribution in [1.29, 1.82) is 0 Å². The topological polar surface area (TPSA) is 75.8 Å². The first-order chi connectivity index (χ1) is 11.2. The van der Waals surface area contributed by atoms with E-state index in [1.807, 2.05) is 12.1 Å². The van der Waals surface area contributed by atoms with Crippen molar-refractivity contribution in [3.63, 3.8) is 0 Å². The number of ether oxygens (including phenoxy) is 1. The molecule has 0 fully saturated rings. The zero-order valence-corrected chi connectivity index (χ0v) is 12.7. The van der Waals surface area contributed by atoms with Crippen LogP contribution in [0.3, 0.4) is 0 Å². The van der Waals surface area contributed by atoms with Gasteiger partial charge in [-0.2, -0.15) is 0 Å². The van der Waals surface area contributed by atoms with Crippen LogP contribution in [0.1, 0.15) is 38.5 Å². The number of hydrogen-bond acceptors (Lipinski definition) is 5. The summed E-state index contributed by atoms with van der Waals surface area (Å²) >= 11 is 0. The van der Waals surface area contributed by atoms with Gasteiger partial charge in [0.15, 0.2) is 0 Å². The zero-order valence-electron chi connectivity index (χ0n) is 12.7. The fourth-order valence-corrected chi connectivity index (χ4v) is 3.42. The number of aromatic carboxylic acids is 1. The van der Waals surface area contributed by atoms with Gasteiger partial charge in [-0.1, -0.05) is 17.3 Å². The first-order valence-electron chi connectivity index (χ1n) is 7.83. The number of benzene rings is 1. The molecule has 0 bridgehead atoms. The summed E-state index contributed by atoms with van der Waals surface area (Å²) < 4.78 is 10.9. The largest absolute Gasteiger partial charge is 0.478 e. The third kappa shape index (κ3) is 2.64. The molecule has 1 N–H and O–H groups in total. The van der Waals surface area contributed by atoms with Gasteiger partial charge in [-0.3, -0.25) is 4.90 Å². The molecule has 2 aliphatic rings. The van der Waals surface area contributed by atoms with Crippen molar-refractivity contribution in [2.75, 3.05) is 13.2 Å². The van der Waals surface area contributed by atoms with Crippen LogP contribution < -0.4 is 0 Å². The molecule has 120 valence electrons. The Bertz CT molecular complexity index is 753.